The first-order valence-electron chi connectivity index (χ1n) is 11.8. The van der Waals surface area contributed by atoms with Crippen molar-refractivity contribution in [3.8, 4) is 0 Å². The number of benzene rings is 2. The molecule has 0 aliphatic carbocycles. The van der Waals surface area contributed by atoms with Crippen molar-refractivity contribution in [1.82, 2.24) is 9.29 Å². The Morgan fingerprint density at radius 2 is 1.74 bits per heavy atom. The zero-order chi connectivity index (χ0) is 24.7. The topological polar surface area (TPSA) is 79.5 Å². The fourth-order valence-electron chi connectivity index (χ4n) is 4.37. The van der Waals surface area contributed by atoms with Gasteiger partial charge in [-0.25, -0.2) is 8.42 Å². The van der Waals surface area contributed by atoms with Gasteiger partial charge in [0.05, 0.1) is 11.0 Å². The summed E-state index contributed by atoms with van der Waals surface area (Å²) in [6, 6.07) is 12.8. The molecule has 1 N–H and O–H groups in total. The molecule has 1 fully saturated rings. The average molecular weight is 483 g/mol. The molecule has 0 radical (unpaired) electrons. The number of hydrogen-bond acceptors (Lipinski definition) is 4. The van der Waals surface area contributed by atoms with Gasteiger partial charge in [0.1, 0.15) is 0 Å². The van der Waals surface area contributed by atoms with Crippen LogP contribution in [0.2, 0.25) is 0 Å². The summed E-state index contributed by atoms with van der Waals surface area (Å²) < 4.78 is 34.6. The molecule has 0 amide bonds. The molecule has 1 unspecified atom stereocenters. The number of hydrogen-bond donors (Lipinski definition) is 1. The van der Waals surface area contributed by atoms with Crippen molar-refractivity contribution in [2.24, 2.45) is 0 Å². The Bertz CT molecular complexity index is 1350. The highest BCUT2D eigenvalue weighted by Crippen LogP contribution is 2.27. The van der Waals surface area contributed by atoms with Gasteiger partial charge in [0, 0.05) is 30.8 Å². The second-order valence-corrected chi connectivity index (χ2v) is 12.3. The molecule has 3 aromatic rings. The summed E-state index contributed by atoms with van der Waals surface area (Å²) in [5, 5.41) is 0.890. The van der Waals surface area contributed by atoms with E-state index >= 15 is 0 Å². The molecule has 0 spiro atoms. The monoisotopic (exact) mass is 482 g/mol. The van der Waals surface area contributed by atoms with Gasteiger partial charge < -0.3 is 9.72 Å². The molecule has 7 heteroatoms. The summed E-state index contributed by atoms with van der Waals surface area (Å²) in [5.41, 5.74) is 4.10. The third kappa shape index (κ3) is 5.11. The summed E-state index contributed by atoms with van der Waals surface area (Å²) in [4.78, 5) is 16.1. The number of nitrogens with zero attached hydrogens (tertiary/aromatic N) is 1. The van der Waals surface area contributed by atoms with Gasteiger partial charge in [0.2, 0.25) is 10.0 Å². The van der Waals surface area contributed by atoms with Crippen LogP contribution >= 0.6 is 0 Å². The Morgan fingerprint density at radius 1 is 1.06 bits per heavy atom. The van der Waals surface area contributed by atoms with E-state index in [0.29, 0.717) is 12.2 Å². The second-order valence-electron chi connectivity index (χ2n) is 10.4. The minimum atomic E-state index is -3.83. The maximum absolute atomic E-state index is 13.7. The maximum Gasteiger partial charge on any atom is 0.252 e. The Labute approximate surface area is 202 Å². The largest absolute Gasteiger partial charge is 0.377 e. The SMILES string of the molecule is Cc1cc2cc(CN(CC3CCCO3)S(=O)(=O)c3ccc(C(C)(C)C)cc3)c(=O)[nH]c2cc1C. The summed E-state index contributed by atoms with van der Waals surface area (Å²) >= 11 is 0. The van der Waals surface area contributed by atoms with Crippen LogP contribution in [0.5, 0.6) is 0 Å². The van der Waals surface area contributed by atoms with E-state index in [9.17, 15) is 13.2 Å². The number of rotatable bonds is 6. The average Bonchev–Trinajstić information content (AvgIpc) is 3.28. The number of H-pyrrole nitrogens is 1. The van der Waals surface area contributed by atoms with E-state index in [1.54, 1.807) is 18.2 Å². The second kappa shape index (κ2) is 9.29. The highest BCUT2D eigenvalue weighted by atomic mass is 32.2. The molecule has 1 aromatic heterocycles. The lowest BCUT2D eigenvalue weighted by atomic mass is 9.87. The molecule has 2 heterocycles. The zero-order valence-corrected chi connectivity index (χ0v) is 21.5. The van der Waals surface area contributed by atoms with Crippen LogP contribution in [0.3, 0.4) is 0 Å². The Balaban J connectivity index is 1.72. The molecule has 182 valence electrons. The van der Waals surface area contributed by atoms with Crippen LogP contribution < -0.4 is 5.56 Å². The van der Waals surface area contributed by atoms with Crippen molar-refractivity contribution in [2.75, 3.05) is 13.2 Å². The predicted octanol–water partition coefficient (Wildman–Crippen LogP) is 4.81. The van der Waals surface area contributed by atoms with Gasteiger partial charge in [-0.2, -0.15) is 4.31 Å². The number of aryl methyl sites for hydroxylation is 2. The summed E-state index contributed by atoms with van der Waals surface area (Å²) in [7, 11) is -3.83. The maximum atomic E-state index is 13.7. The fraction of sp³-hybridized carbons (Fsp3) is 0.444. The van der Waals surface area contributed by atoms with Crippen LogP contribution in [0, 0.1) is 13.8 Å². The highest BCUT2D eigenvalue weighted by Gasteiger charge is 2.30. The van der Waals surface area contributed by atoms with Crippen molar-refractivity contribution in [3.05, 3.63) is 75.1 Å². The first-order valence-corrected chi connectivity index (χ1v) is 13.2. The van der Waals surface area contributed by atoms with Crippen LogP contribution in [0.25, 0.3) is 10.9 Å². The molecule has 34 heavy (non-hydrogen) atoms. The lowest BCUT2D eigenvalue weighted by Gasteiger charge is -2.25. The standard InChI is InChI=1S/C27H34N2O4S/c1-18-13-20-15-21(26(30)28-25(20)14-19(18)2)16-29(17-23-7-6-12-33-23)34(31,32)24-10-8-22(9-11-24)27(3,4)5/h8-11,13-15,23H,6-7,12,16-17H2,1-5H3,(H,28,30). The summed E-state index contributed by atoms with van der Waals surface area (Å²) in [5.74, 6) is 0. The molecule has 2 aromatic carbocycles. The molecule has 1 aliphatic heterocycles. The quantitative estimate of drug-likeness (QED) is 0.547. The molecule has 1 aliphatic rings. The van der Waals surface area contributed by atoms with Crippen molar-refractivity contribution in [2.45, 2.75) is 70.4 Å². The molecular formula is C27H34N2O4S. The fourth-order valence-corrected chi connectivity index (χ4v) is 5.82. The molecule has 6 nitrogen and oxygen atoms in total. The number of sulfonamides is 1. The van der Waals surface area contributed by atoms with E-state index in [4.69, 9.17) is 4.74 Å². The lowest BCUT2D eigenvalue weighted by Crippen LogP contribution is -2.38. The van der Waals surface area contributed by atoms with E-state index in [1.807, 2.05) is 38.1 Å². The van der Waals surface area contributed by atoms with E-state index in [1.165, 1.54) is 4.31 Å². The van der Waals surface area contributed by atoms with E-state index < -0.39 is 10.0 Å². The Hall–Kier alpha value is -2.48. The van der Waals surface area contributed by atoms with Crippen LogP contribution in [-0.2, 0) is 26.7 Å². The van der Waals surface area contributed by atoms with Crippen molar-refractivity contribution < 1.29 is 13.2 Å². The van der Waals surface area contributed by atoms with Crippen LogP contribution in [-0.4, -0.2) is 37.0 Å². The number of ether oxygens (including phenoxy) is 1. The highest BCUT2D eigenvalue weighted by molar-refractivity contribution is 7.89. The van der Waals surface area contributed by atoms with Gasteiger partial charge in [-0.15, -0.1) is 0 Å². The number of nitrogens with one attached hydrogen (secondary N) is 1. The van der Waals surface area contributed by atoms with Crippen molar-refractivity contribution in [3.63, 3.8) is 0 Å². The zero-order valence-electron chi connectivity index (χ0n) is 20.6. The van der Waals surface area contributed by atoms with Gasteiger partial charge >= 0.3 is 0 Å². The first kappa shape index (κ1) is 24.6. The van der Waals surface area contributed by atoms with Crippen LogP contribution in [0.4, 0.5) is 0 Å². The van der Waals surface area contributed by atoms with Gasteiger partial charge in [-0.3, -0.25) is 4.79 Å². The lowest BCUT2D eigenvalue weighted by molar-refractivity contribution is 0.0925. The number of aromatic nitrogens is 1. The van der Waals surface area contributed by atoms with Crippen LogP contribution in [0.1, 0.15) is 55.9 Å². The number of fused-ring (bicyclic) bond motifs is 1. The van der Waals surface area contributed by atoms with Crippen LogP contribution in [0.15, 0.2) is 52.2 Å². The number of aromatic amines is 1. The Kier molecular flexibility index (Phi) is 6.73. The molecule has 0 saturated carbocycles. The van der Waals surface area contributed by atoms with Gasteiger partial charge in [-0.1, -0.05) is 32.9 Å². The smallest absolute Gasteiger partial charge is 0.252 e. The molecule has 1 atom stereocenters. The summed E-state index contributed by atoms with van der Waals surface area (Å²) in [6.45, 7) is 11.1. The van der Waals surface area contributed by atoms with Gasteiger partial charge in [0.25, 0.3) is 5.56 Å². The van der Waals surface area contributed by atoms with E-state index in [0.717, 1.165) is 40.4 Å². The molecule has 1 saturated heterocycles. The minimum Gasteiger partial charge on any atom is -0.377 e. The third-order valence-corrected chi connectivity index (χ3v) is 8.50. The van der Waals surface area contributed by atoms with E-state index in [-0.39, 0.29) is 35.1 Å². The van der Waals surface area contributed by atoms with Gasteiger partial charge in [0.15, 0.2) is 0 Å². The summed E-state index contributed by atoms with van der Waals surface area (Å²) in [6.07, 6.45) is 1.54. The van der Waals surface area contributed by atoms with Crippen molar-refractivity contribution in [1.29, 1.82) is 0 Å². The third-order valence-electron chi connectivity index (χ3n) is 6.67. The van der Waals surface area contributed by atoms with Gasteiger partial charge in [-0.05, 0) is 84.5 Å². The molecule has 4 rings (SSSR count). The van der Waals surface area contributed by atoms with Crippen molar-refractivity contribution >= 4 is 20.9 Å². The first-order chi connectivity index (χ1) is 15.9. The normalized spacial score (nSPS) is 17.1. The number of pyridine rings is 1. The van der Waals surface area contributed by atoms with E-state index in [2.05, 4.69) is 25.8 Å². The Morgan fingerprint density at radius 3 is 2.35 bits per heavy atom. The predicted molar refractivity (Wildman–Crippen MR) is 136 cm³/mol. The minimum absolute atomic E-state index is 0.0125. The molecule has 0 bridgehead atoms. The molecular weight excluding hydrogens is 448 g/mol.